The second-order valence-electron chi connectivity index (χ2n) is 8.03. The number of hydrogen-bond acceptors (Lipinski definition) is 6. The van der Waals surface area contributed by atoms with Crippen molar-refractivity contribution in [1.82, 2.24) is 9.80 Å². The maximum absolute atomic E-state index is 13.7. The molecule has 0 bridgehead atoms. The second kappa shape index (κ2) is 10.3. The van der Waals surface area contributed by atoms with Crippen LogP contribution in [0.25, 0.3) is 0 Å². The van der Waals surface area contributed by atoms with Crippen molar-refractivity contribution in [3.8, 4) is 5.75 Å². The molecule has 0 spiro atoms. The first-order chi connectivity index (χ1) is 15.4. The van der Waals surface area contributed by atoms with E-state index < -0.39 is 5.41 Å². The Hall–Kier alpha value is -2.71. The number of para-hydroxylation sites is 1. The number of rotatable bonds is 10. The standard InChI is InChI=1S/C24H30N2O5S/c1-17(20-11-7-14-32-20)25(2)21(27)15-24(18-9-5-6-10-19(18)31-4)16-22(28)26(23(24)29)12-8-13-30-3/h5-7,9-11,14,17H,8,12-13,15-16H2,1-4H3/t17-,24+/m1/s1. The summed E-state index contributed by atoms with van der Waals surface area (Å²) in [5.41, 5.74) is -0.724. The molecule has 1 aromatic carbocycles. The summed E-state index contributed by atoms with van der Waals surface area (Å²) in [6, 6.07) is 10.9. The number of amides is 3. The third-order valence-electron chi connectivity index (χ3n) is 6.14. The van der Waals surface area contributed by atoms with E-state index >= 15 is 0 Å². The highest BCUT2D eigenvalue weighted by Gasteiger charge is 2.55. The highest BCUT2D eigenvalue weighted by Crippen LogP contribution is 2.44. The van der Waals surface area contributed by atoms with Crippen LogP contribution in [0.5, 0.6) is 5.75 Å². The Bertz CT molecular complexity index is 961. The van der Waals surface area contributed by atoms with Crippen molar-refractivity contribution in [2.24, 2.45) is 0 Å². The summed E-state index contributed by atoms with van der Waals surface area (Å²) in [7, 11) is 4.84. The Morgan fingerprint density at radius 2 is 1.97 bits per heavy atom. The zero-order chi connectivity index (χ0) is 23.3. The molecule has 1 aliphatic rings. The fraction of sp³-hybridized carbons (Fsp3) is 0.458. The van der Waals surface area contributed by atoms with Crippen molar-refractivity contribution in [2.75, 3.05) is 34.4 Å². The fourth-order valence-corrected chi connectivity index (χ4v) is 5.02. The molecule has 2 atom stereocenters. The number of carbonyl (C=O) groups is 3. The topological polar surface area (TPSA) is 76.2 Å². The number of benzene rings is 1. The molecule has 1 saturated heterocycles. The molecule has 2 aromatic rings. The Labute approximate surface area is 192 Å². The van der Waals surface area contributed by atoms with Gasteiger partial charge in [0.2, 0.25) is 17.7 Å². The minimum absolute atomic E-state index is 0.0633. The average molecular weight is 459 g/mol. The van der Waals surface area contributed by atoms with Gasteiger partial charge < -0.3 is 14.4 Å². The third-order valence-corrected chi connectivity index (χ3v) is 7.19. The number of nitrogens with zero attached hydrogens (tertiary/aromatic N) is 2. The van der Waals surface area contributed by atoms with E-state index in [4.69, 9.17) is 9.47 Å². The van der Waals surface area contributed by atoms with Crippen molar-refractivity contribution in [3.05, 3.63) is 52.2 Å². The van der Waals surface area contributed by atoms with Crippen molar-refractivity contribution < 1.29 is 23.9 Å². The quantitative estimate of drug-likeness (QED) is 0.403. The lowest BCUT2D eigenvalue weighted by atomic mass is 9.75. The Kier molecular flexibility index (Phi) is 7.69. The van der Waals surface area contributed by atoms with Crippen LogP contribution in [0.4, 0.5) is 0 Å². The second-order valence-corrected chi connectivity index (χ2v) is 9.01. The van der Waals surface area contributed by atoms with Crippen LogP contribution in [0.3, 0.4) is 0 Å². The molecule has 0 unspecified atom stereocenters. The summed E-state index contributed by atoms with van der Waals surface area (Å²) in [4.78, 5) is 44.0. The summed E-state index contributed by atoms with van der Waals surface area (Å²) in [6.45, 7) is 2.66. The maximum Gasteiger partial charge on any atom is 0.241 e. The monoisotopic (exact) mass is 458 g/mol. The first-order valence-electron chi connectivity index (χ1n) is 10.6. The Morgan fingerprint density at radius 3 is 2.62 bits per heavy atom. The number of carbonyl (C=O) groups excluding carboxylic acids is 3. The van der Waals surface area contributed by atoms with Crippen molar-refractivity contribution >= 4 is 29.1 Å². The molecule has 1 fully saturated rings. The van der Waals surface area contributed by atoms with Gasteiger partial charge in [0.1, 0.15) is 5.75 Å². The smallest absolute Gasteiger partial charge is 0.241 e. The number of ether oxygens (including phenoxy) is 2. The number of hydrogen-bond donors (Lipinski definition) is 0. The lowest BCUT2D eigenvalue weighted by Crippen LogP contribution is -2.43. The van der Waals surface area contributed by atoms with Crippen LogP contribution in [0.2, 0.25) is 0 Å². The zero-order valence-corrected chi connectivity index (χ0v) is 19.8. The van der Waals surface area contributed by atoms with E-state index in [1.807, 2.05) is 24.4 Å². The van der Waals surface area contributed by atoms with E-state index in [1.54, 1.807) is 54.7 Å². The molecule has 2 heterocycles. The largest absolute Gasteiger partial charge is 0.496 e. The molecule has 0 aliphatic carbocycles. The lowest BCUT2D eigenvalue weighted by molar-refractivity contribution is -0.143. The summed E-state index contributed by atoms with van der Waals surface area (Å²) >= 11 is 1.58. The zero-order valence-electron chi connectivity index (χ0n) is 19.0. The van der Waals surface area contributed by atoms with Gasteiger partial charge in [0, 0.05) is 50.6 Å². The van der Waals surface area contributed by atoms with Gasteiger partial charge in [-0.2, -0.15) is 0 Å². The highest BCUT2D eigenvalue weighted by atomic mass is 32.1. The van der Waals surface area contributed by atoms with Crippen LogP contribution in [0.15, 0.2) is 41.8 Å². The van der Waals surface area contributed by atoms with Crippen LogP contribution in [0, 0.1) is 0 Å². The van der Waals surface area contributed by atoms with Gasteiger partial charge in [0.05, 0.1) is 18.6 Å². The Balaban J connectivity index is 1.96. The molecule has 3 amide bonds. The van der Waals surface area contributed by atoms with Gasteiger partial charge in [-0.05, 0) is 30.9 Å². The molecule has 3 rings (SSSR count). The molecular formula is C24H30N2O5S. The SMILES string of the molecule is COCCCN1C(=O)C[C@@](CC(=O)N(C)[C@H](C)c2cccs2)(c2ccccc2OC)C1=O. The van der Waals surface area contributed by atoms with E-state index in [-0.39, 0.29) is 43.1 Å². The first-order valence-corrected chi connectivity index (χ1v) is 11.5. The third kappa shape index (κ3) is 4.56. The number of methoxy groups -OCH3 is 2. The van der Waals surface area contributed by atoms with Gasteiger partial charge >= 0.3 is 0 Å². The molecule has 8 heteroatoms. The van der Waals surface area contributed by atoms with E-state index in [2.05, 4.69) is 0 Å². The molecule has 0 radical (unpaired) electrons. The minimum atomic E-state index is -1.29. The van der Waals surface area contributed by atoms with Crippen LogP contribution in [-0.2, 0) is 24.5 Å². The van der Waals surface area contributed by atoms with Gasteiger partial charge in [0.15, 0.2) is 0 Å². The average Bonchev–Trinajstić information content (AvgIpc) is 3.41. The molecule has 32 heavy (non-hydrogen) atoms. The van der Waals surface area contributed by atoms with Crippen LogP contribution in [-0.4, -0.2) is 61.9 Å². The van der Waals surface area contributed by atoms with Gasteiger partial charge in [0.25, 0.3) is 0 Å². The minimum Gasteiger partial charge on any atom is -0.496 e. The molecule has 172 valence electrons. The normalized spacial score (nSPS) is 19.3. The summed E-state index contributed by atoms with van der Waals surface area (Å²) in [5.74, 6) is -0.335. The molecular weight excluding hydrogens is 428 g/mol. The summed E-state index contributed by atoms with van der Waals surface area (Å²) < 4.78 is 10.6. The summed E-state index contributed by atoms with van der Waals surface area (Å²) in [5, 5.41) is 1.97. The lowest BCUT2D eigenvalue weighted by Gasteiger charge is -2.32. The van der Waals surface area contributed by atoms with Gasteiger partial charge in [-0.1, -0.05) is 24.3 Å². The van der Waals surface area contributed by atoms with Crippen LogP contribution >= 0.6 is 11.3 Å². The molecule has 0 N–H and O–H groups in total. The molecule has 1 aliphatic heterocycles. The molecule has 1 aromatic heterocycles. The van der Waals surface area contributed by atoms with Crippen molar-refractivity contribution in [3.63, 3.8) is 0 Å². The van der Waals surface area contributed by atoms with Gasteiger partial charge in [-0.25, -0.2) is 0 Å². The van der Waals surface area contributed by atoms with E-state index in [0.717, 1.165) is 4.88 Å². The molecule has 7 nitrogen and oxygen atoms in total. The van der Waals surface area contributed by atoms with E-state index in [9.17, 15) is 14.4 Å². The number of thiophene rings is 1. The fourth-order valence-electron chi connectivity index (χ4n) is 4.20. The predicted molar refractivity (Wildman–Crippen MR) is 123 cm³/mol. The van der Waals surface area contributed by atoms with Crippen LogP contribution < -0.4 is 4.74 Å². The molecule has 0 saturated carbocycles. The van der Waals surface area contributed by atoms with Crippen molar-refractivity contribution in [1.29, 1.82) is 0 Å². The van der Waals surface area contributed by atoms with Crippen molar-refractivity contribution in [2.45, 2.75) is 37.6 Å². The maximum atomic E-state index is 13.7. The van der Waals surface area contributed by atoms with Crippen LogP contribution in [0.1, 0.15) is 42.7 Å². The Morgan fingerprint density at radius 1 is 1.22 bits per heavy atom. The predicted octanol–water partition coefficient (Wildman–Crippen LogP) is 3.40. The summed E-state index contributed by atoms with van der Waals surface area (Å²) in [6.07, 6.45) is 0.371. The van der Waals surface area contributed by atoms with Gasteiger partial charge in [-0.3, -0.25) is 19.3 Å². The highest BCUT2D eigenvalue weighted by molar-refractivity contribution is 7.10. The first kappa shape index (κ1) is 23.9. The number of imide groups is 1. The van der Waals surface area contributed by atoms with Gasteiger partial charge in [-0.15, -0.1) is 11.3 Å². The number of likely N-dealkylation sites (tertiary alicyclic amines) is 1. The van der Waals surface area contributed by atoms with E-state index in [1.165, 1.54) is 12.0 Å². The van der Waals surface area contributed by atoms with E-state index in [0.29, 0.717) is 24.3 Å².